The highest BCUT2D eigenvalue weighted by molar-refractivity contribution is 5.95. The van der Waals surface area contributed by atoms with E-state index in [0.29, 0.717) is 35.9 Å². The molecule has 6 nitrogen and oxygen atoms in total. The highest BCUT2D eigenvalue weighted by Crippen LogP contribution is 2.22. The summed E-state index contributed by atoms with van der Waals surface area (Å²) in [5.41, 5.74) is 3.19. The molecule has 6 heteroatoms. The number of benzene rings is 2. The second-order valence-corrected chi connectivity index (χ2v) is 5.64. The predicted octanol–water partition coefficient (Wildman–Crippen LogP) is 3.13. The van der Waals surface area contributed by atoms with Crippen LogP contribution in [-0.2, 0) is 6.42 Å². The fourth-order valence-electron chi connectivity index (χ4n) is 2.60. The quantitative estimate of drug-likeness (QED) is 0.746. The first-order valence-electron chi connectivity index (χ1n) is 7.96. The topological polar surface area (TPSA) is 73.6 Å². The second-order valence-electron chi connectivity index (χ2n) is 5.64. The van der Waals surface area contributed by atoms with E-state index in [1.807, 2.05) is 25.1 Å². The van der Waals surface area contributed by atoms with Crippen molar-refractivity contribution in [2.75, 3.05) is 20.8 Å². The zero-order valence-electron chi connectivity index (χ0n) is 14.5. The van der Waals surface area contributed by atoms with Crippen molar-refractivity contribution in [1.82, 2.24) is 10.3 Å². The molecule has 2 aromatic carbocycles. The third kappa shape index (κ3) is 3.91. The van der Waals surface area contributed by atoms with Crippen LogP contribution in [0.2, 0.25) is 0 Å². The first kappa shape index (κ1) is 16.8. The molecular formula is C19H20N2O4. The molecule has 3 aromatic rings. The van der Waals surface area contributed by atoms with Crippen LogP contribution in [-0.4, -0.2) is 31.7 Å². The van der Waals surface area contributed by atoms with E-state index in [2.05, 4.69) is 10.3 Å². The Morgan fingerprint density at radius 2 is 1.84 bits per heavy atom. The Balaban J connectivity index is 1.63. The highest BCUT2D eigenvalue weighted by Gasteiger charge is 2.10. The molecule has 0 bridgehead atoms. The summed E-state index contributed by atoms with van der Waals surface area (Å²) >= 11 is 0. The average molecular weight is 340 g/mol. The van der Waals surface area contributed by atoms with Crippen LogP contribution in [0.5, 0.6) is 11.5 Å². The summed E-state index contributed by atoms with van der Waals surface area (Å²) in [6.45, 7) is 2.34. The summed E-state index contributed by atoms with van der Waals surface area (Å²) in [7, 11) is 3.11. The van der Waals surface area contributed by atoms with Gasteiger partial charge in [0.25, 0.3) is 5.91 Å². The Bertz CT molecular complexity index is 879. The molecule has 0 aliphatic heterocycles. The lowest BCUT2D eigenvalue weighted by Crippen LogP contribution is -2.25. The first-order chi connectivity index (χ1) is 12.1. The van der Waals surface area contributed by atoms with Gasteiger partial charge in [-0.1, -0.05) is 6.07 Å². The summed E-state index contributed by atoms with van der Waals surface area (Å²) in [5, 5.41) is 2.91. The van der Waals surface area contributed by atoms with E-state index in [1.54, 1.807) is 32.4 Å². The number of hydrogen-bond acceptors (Lipinski definition) is 5. The fourth-order valence-corrected chi connectivity index (χ4v) is 2.60. The maximum absolute atomic E-state index is 12.3. The molecule has 0 atom stereocenters. The van der Waals surface area contributed by atoms with Crippen molar-refractivity contribution in [3.8, 4) is 11.5 Å². The molecule has 0 unspecified atom stereocenters. The number of nitrogens with one attached hydrogen (secondary N) is 1. The highest BCUT2D eigenvalue weighted by atomic mass is 16.5. The van der Waals surface area contributed by atoms with Crippen LogP contribution in [0.1, 0.15) is 21.8 Å². The number of nitrogens with zero attached hydrogens (tertiary/aromatic N) is 1. The van der Waals surface area contributed by atoms with Crippen LogP contribution in [0.4, 0.5) is 0 Å². The van der Waals surface area contributed by atoms with Gasteiger partial charge >= 0.3 is 0 Å². The monoisotopic (exact) mass is 340 g/mol. The molecule has 0 fully saturated rings. The lowest BCUT2D eigenvalue weighted by atomic mass is 10.1. The number of hydrogen-bond donors (Lipinski definition) is 1. The lowest BCUT2D eigenvalue weighted by Gasteiger charge is -2.09. The van der Waals surface area contributed by atoms with Gasteiger partial charge in [0, 0.05) is 25.1 Å². The number of aromatic nitrogens is 1. The molecule has 0 aliphatic carbocycles. The smallest absolute Gasteiger partial charge is 0.251 e. The molecule has 1 aromatic heterocycles. The normalized spacial score (nSPS) is 10.7. The Morgan fingerprint density at radius 1 is 1.12 bits per heavy atom. The molecule has 25 heavy (non-hydrogen) atoms. The third-order valence-corrected chi connectivity index (χ3v) is 3.87. The number of amides is 1. The third-order valence-electron chi connectivity index (χ3n) is 3.87. The van der Waals surface area contributed by atoms with E-state index in [9.17, 15) is 4.79 Å². The van der Waals surface area contributed by atoms with Crippen molar-refractivity contribution < 1.29 is 18.7 Å². The van der Waals surface area contributed by atoms with E-state index in [1.165, 1.54) is 0 Å². The van der Waals surface area contributed by atoms with Crippen molar-refractivity contribution in [2.45, 2.75) is 13.3 Å². The summed E-state index contributed by atoms with van der Waals surface area (Å²) in [6.07, 6.45) is 0.703. The maximum Gasteiger partial charge on any atom is 0.251 e. The summed E-state index contributed by atoms with van der Waals surface area (Å²) < 4.78 is 15.8. The molecule has 0 saturated heterocycles. The van der Waals surface area contributed by atoms with Gasteiger partial charge in [-0.3, -0.25) is 4.79 Å². The minimum absolute atomic E-state index is 0.171. The minimum atomic E-state index is -0.171. The van der Waals surface area contributed by atoms with Crippen molar-refractivity contribution >= 4 is 17.0 Å². The van der Waals surface area contributed by atoms with Crippen LogP contribution in [0.15, 0.2) is 40.8 Å². The van der Waals surface area contributed by atoms with E-state index < -0.39 is 0 Å². The molecule has 1 N–H and O–H groups in total. The predicted molar refractivity (Wildman–Crippen MR) is 94.3 cm³/mol. The zero-order chi connectivity index (χ0) is 17.8. The number of carbonyl (C=O) groups excluding carboxylic acids is 1. The van der Waals surface area contributed by atoms with Gasteiger partial charge in [-0.05, 0) is 36.2 Å². The number of carbonyl (C=O) groups is 1. The number of methoxy groups -OCH3 is 2. The SMILES string of the molecule is COc1cc(OC)cc(C(=O)NCCc2ccc3oc(C)nc3c2)c1. The largest absolute Gasteiger partial charge is 0.497 e. The van der Waals surface area contributed by atoms with Gasteiger partial charge in [0.05, 0.1) is 14.2 Å². The molecule has 0 saturated carbocycles. The number of aryl methyl sites for hydroxylation is 1. The van der Waals surface area contributed by atoms with E-state index in [4.69, 9.17) is 13.9 Å². The molecule has 1 heterocycles. The van der Waals surface area contributed by atoms with Gasteiger partial charge in [-0.2, -0.15) is 0 Å². The van der Waals surface area contributed by atoms with Gasteiger partial charge in [-0.25, -0.2) is 4.98 Å². The average Bonchev–Trinajstić information content (AvgIpc) is 3.00. The maximum atomic E-state index is 12.3. The molecule has 0 spiro atoms. The summed E-state index contributed by atoms with van der Waals surface area (Å²) in [4.78, 5) is 16.7. The molecule has 3 rings (SSSR count). The van der Waals surface area contributed by atoms with Gasteiger partial charge in [0.1, 0.15) is 17.0 Å². The van der Waals surface area contributed by atoms with Gasteiger partial charge in [-0.15, -0.1) is 0 Å². The summed E-state index contributed by atoms with van der Waals surface area (Å²) in [6, 6.07) is 11.0. The molecule has 1 amide bonds. The Labute approximate surface area is 145 Å². The van der Waals surface area contributed by atoms with Crippen LogP contribution < -0.4 is 14.8 Å². The van der Waals surface area contributed by atoms with E-state index in [-0.39, 0.29) is 5.91 Å². The number of fused-ring (bicyclic) bond motifs is 1. The molecule has 0 radical (unpaired) electrons. The standard InChI is InChI=1S/C19H20N2O4/c1-12-21-17-8-13(4-5-18(17)25-12)6-7-20-19(22)14-9-15(23-2)11-16(10-14)24-3/h4-5,8-11H,6-7H2,1-3H3,(H,20,22). The van der Waals surface area contributed by atoms with Crippen molar-refractivity contribution in [3.63, 3.8) is 0 Å². The second kappa shape index (κ2) is 7.25. The van der Waals surface area contributed by atoms with Crippen molar-refractivity contribution in [2.24, 2.45) is 0 Å². The Kier molecular flexibility index (Phi) is 4.88. The Hall–Kier alpha value is -3.02. The van der Waals surface area contributed by atoms with Crippen LogP contribution in [0.3, 0.4) is 0 Å². The van der Waals surface area contributed by atoms with Gasteiger partial charge in [0.15, 0.2) is 11.5 Å². The van der Waals surface area contributed by atoms with Crippen LogP contribution in [0, 0.1) is 6.92 Å². The first-order valence-corrected chi connectivity index (χ1v) is 7.96. The van der Waals surface area contributed by atoms with E-state index in [0.717, 1.165) is 16.7 Å². The molecule has 130 valence electrons. The summed E-state index contributed by atoms with van der Waals surface area (Å²) in [5.74, 6) is 1.63. The Morgan fingerprint density at radius 3 is 2.52 bits per heavy atom. The van der Waals surface area contributed by atoms with E-state index >= 15 is 0 Å². The molecular weight excluding hydrogens is 320 g/mol. The van der Waals surface area contributed by atoms with Crippen molar-refractivity contribution in [1.29, 1.82) is 0 Å². The minimum Gasteiger partial charge on any atom is -0.497 e. The van der Waals surface area contributed by atoms with Crippen molar-refractivity contribution in [3.05, 3.63) is 53.4 Å². The lowest BCUT2D eigenvalue weighted by molar-refractivity contribution is 0.0953. The number of rotatable bonds is 6. The van der Waals surface area contributed by atoms with Crippen LogP contribution >= 0.6 is 0 Å². The van der Waals surface area contributed by atoms with Gasteiger partial charge < -0.3 is 19.2 Å². The number of oxazole rings is 1. The number of ether oxygens (including phenoxy) is 2. The van der Waals surface area contributed by atoms with Gasteiger partial charge in [0.2, 0.25) is 0 Å². The fraction of sp³-hybridized carbons (Fsp3) is 0.263. The van der Waals surface area contributed by atoms with Crippen LogP contribution in [0.25, 0.3) is 11.1 Å². The molecule has 0 aliphatic rings. The zero-order valence-corrected chi connectivity index (χ0v) is 14.5.